The number of ether oxygens (including phenoxy) is 1. The van der Waals surface area contributed by atoms with Gasteiger partial charge in [-0.2, -0.15) is 0 Å². The zero-order valence-corrected chi connectivity index (χ0v) is 14.7. The smallest absolute Gasteiger partial charge is 0.223 e. The highest BCUT2D eigenvalue weighted by molar-refractivity contribution is 5.84. The lowest BCUT2D eigenvalue weighted by Gasteiger charge is -2.18. The van der Waals surface area contributed by atoms with E-state index in [9.17, 15) is 4.79 Å². The first-order chi connectivity index (χ1) is 12.8. The van der Waals surface area contributed by atoms with E-state index in [-0.39, 0.29) is 12.0 Å². The molecule has 0 spiro atoms. The van der Waals surface area contributed by atoms with Crippen molar-refractivity contribution in [1.29, 1.82) is 0 Å². The van der Waals surface area contributed by atoms with Gasteiger partial charge >= 0.3 is 0 Å². The van der Waals surface area contributed by atoms with Gasteiger partial charge in [-0.1, -0.05) is 48.5 Å². The maximum Gasteiger partial charge on any atom is 0.223 e. The quantitative estimate of drug-likeness (QED) is 0.705. The molecule has 4 nitrogen and oxygen atoms in total. The Morgan fingerprint density at radius 2 is 1.92 bits per heavy atom. The number of hydrogen-bond donors (Lipinski definition) is 0. The Balaban J connectivity index is 1.35. The van der Waals surface area contributed by atoms with Crippen LogP contribution in [0.5, 0.6) is 5.75 Å². The summed E-state index contributed by atoms with van der Waals surface area (Å²) in [6.45, 7) is 1.41. The minimum Gasteiger partial charge on any atom is -0.486 e. The molecule has 26 heavy (non-hydrogen) atoms. The van der Waals surface area contributed by atoms with Crippen LogP contribution in [0.1, 0.15) is 18.4 Å². The molecule has 1 aliphatic heterocycles. The van der Waals surface area contributed by atoms with E-state index in [0.29, 0.717) is 13.0 Å². The first kappa shape index (κ1) is 16.6. The van der Waals surface area contributed by atoms with Crippen LogP contribution in [0, 0.1) is 0 Å². The second kappa shape index (κ2) is 7.56. The monoisotopic (exact) mass is 346 g/mol. The van der Waals surface area contributed by atoms with Gasteiger partial charge in [0.25, 0.3) is 0 Å². The lowest BCUT2D eigenvalue weighted by atomic mass is 10.1. The number of fused-ring (bicyclic) bond motifs is 1. The highest BCUT2D eigenvalue weighted by Gasteiger charge is 2.27. The number of para-hydroxylation sites is 1. The second-order valence-electron chi connectivity index (χ2n) is 6.69. The van der Waals surface area contributed by atoms with E-state index < -0.39 is 0 Å². The number of aromatic nitrogens is 1. The van der Waals surface area contributed by atoms with Gasteiger partial charge in [-0.25, -0.2) is 0 Å². The van der Waals surface area contributed by atoms with Crippen LogP contribution >= 0.6 is 0 Å². The molecule has 4 heteroatoms. The number of aryl methyl sites for hydroxylation is 1. The summed E-state index contributed by atoms with van der Waals surface area (Å²) in [4.78, 5) is 18.8. The number of hydrogen-bond acceptors (Lipinski definition) is 3. The van der Waals surface area contributed by atoms with E-state index in [1.807, 2.05) is 53.4 Å². The van der Waals surface area contributed by atoms with Crippen molar-refractivity contribution in [2.24, 2.45) is 0 Å². The van der Waals surface area contributed by atoms with Gasteiger partial charge in [0, 0.05) is 31.0 Å². The number of carbonyl (C=O) groups excluding carboxylic acids is 1. The summed E-state index contributed by atoms with van der Waals surface area (Å²) >= 11 is 0. The lowest BCUT2D eigenvalue weighted by molar-refractivity contribution is -0.130. The van der Waals surface area contributed by atoms with Gasteiger partial charge in [0.2, 0.25) is 5.91 Å². The van der Waals surface area contributed by atoms with Crippen molar-refractivity contribution in [1.82, 2.24) is 9.88 Å². The van der Waals surface area contributed by atoms with E-state index in [2.05, 4.69) is 17.1 Å². The molecule has 0 aliphatic carbocycles. The van der Waals surface area contributed by atoms with E-state index in [0.717, 1.165) is 36.0 Å². The van der Waals surface area contributed by atoms with Gasteiger partial charge in [0.05, 0.1) is 6.54 Å². The maximum absolute atomic E-state index is 12.5. The number of pyridine rings is 1. The Hall–Kier alpha value is -2.88. The highest BCUT2D eigenvalue weighted by Crippen LogP contribution is 2.26. The Labute approximate surface area is 153 Å². The fourth-order valence-electron chi connectivity index (χ4n) is 3.46. The third kappa shape index (κ3) is 3.69. The zero-order valence-electron chi connectivity index (χ0n) is 14.7. The van der Waals surface area contributed by atoms with Gasteiger partial charge in [0.1, 0.15) is 17.4 Å². The molecule has 0 bridgehead atoms. The maximum atomic E-state index is 12.5. The van der Waals surface area contributed by atoms with Crippen LogP contribution in [0.3, 0.4) is 0 Å². The minimum atomic E-state index is 0.0308. The molecule has 1 amide bonds. The summed E-state index contributed by atoms with van der Waals surface area (Å²) < 4.78 is 6.18. The molecule has 1 aromatic heterocycles. The molecular weight excluding hydrogens is 324 g/mol. The minimum absolute atomic E-state index is 0.0308. The molecular formula is C22H22N2O2. The van der Waals surface area contributed by atoms with Crippen LogP contribution in [0.25, 0.3) is 10.9 Å². The molecule has 0 radical (unpaired) electrons. The summed E-state index contributed by atoms with van der Waals surface area (Å²) in [7, 11) is 0. The number of likely N-dealkylation sites (tertiary alicyclic amines) is 1. The molecule has 0 saturated carbocycles. The van der Waals surface area contributed by atoms with Crippen LogP contribution < -0.4 is 4.74 Å². The fraction of sp³-hybridized carbons (Fsp3) is 0.273. The molecule has 1 fully saturated rings. The summed E-state index contributed by atoms with van der Waals surface area (Å²) in [5.41, 5.74) is 2.08. The van der Waals surface area contributed by atoms with Crippen LogP contribution in [-0.2, 0) is 11.2 Å². The van der Waals surface area contributed by atoms with Gasteiger partial charge in [-0.3, -0.25) is 9.78 Å². The Kier molecular flexibility index (Phi) is 4.82. The molecule has 132 valence electrons. The molecule has 0 unspecified atom stereocenters. The Bertz CT molecular complexity index is 890. The summed E-state index contributed by atoms with van der Waals surface area (Å²) in [5.74, 6) is 1.00. The summed E-state index contributed by atoms with van der Waals surface area (Å²) in [5, 5.41) is 1.07. The first-order valence-corrected chi connectivity index (χ1v) is 9.12. The molecule has 0 N–H and O–H groups in total. The average Bonchev–Trinajstić information content (AvgIpc) is 3.16. The van der Waals surface area contributed by atoms with Crippen molar-refractivity contribution in [3.63, 3.8) is 0 Å². The van der Waals surface area contributed by atoms with Crippen molar-refractivity contribution in [3.8, 4) is 5.75 Å². The molecule has 2 heterocycles. The van der Waals surface area contributed by atoms with Gasteiger partial charge in [0.15, 0.2) is 0 Å². The SMILES string of the molecule is O=C(CCc1ccccc1)N1CC[C@H](Oc2cccc3cccnc23)C1. The topological polar surface area (TPSA) is 42.4 Å². The Morgan fingerprint density at radius 1 is 1.08 bits per heavy atom. The molecule has 3 aromatic rings. The predicted octanol–water partition coefficient (Wildman–Crippen LogP) is 3.85. The average molecular weight is 346 g/mol. The van der Waals surface area contributed by atoms with Gasteiger partial charge in [-0.05, 0) is 24.1 Å². The first-order valence-electron chi connectivity index (χ1n) is 9.12. The van der Waals surface area contributed by atoms with Crippen LogP contribution in [-0.4, -0.2) is 35.0 Å². The molecule has 1 atom stereocenters. The third-order valence-electron chi connectivity index (χ3n) is 4.86. The van der Waals surface area contributed by atoms with Crippen molar-refractivity contribution in [3.05, 3.63) is 72.4 Å². The largest absolute Gasteiger partial charge is 0.486 e. The number of rotatable bonds is 5. The summed E-state index contributed by atoms with van der Waals surface area (Å²) in [6.07, 6.45) is 4.01. The fourth-order valence-corrected chi connectivity index (χ4v) is 3.46. The van der Waals surface area contributed by atoms with Gasteiger partial charge < -0.3 is 9.64 Å². The molecule has 4 rings (SSSR count). The predicted molar refractivity (Wildman–Crippen MR) is 102 cm³/mol. The summed E-state index contributed by atoms with van der Waals surface area (Å²) in [6, 6.07) is 20.1. The lowest BCUT2D eigenvalue weighted by Crippen LogP contribution is -2.31. The zero-order chi connectivity index (χ0) is 17.8. The van der Waals surface area contributed by atoms with Gasteiger partial charge in [-0.15, -0.1) is 0 Å². The van der Waals surface area contributed by atoms with Crippen LogP contribution in [0.4, 0.5) is 0 Å². The standard InChI is InChI=1S/C22H22N2O2/c25-21(12-11-17-6-2-1-3-7-17)24-15-13-19(16-24)26-20-10-4-8-18-9-5-14-23-22(18)20/h1-10,14,19H,11-13,15-16H2/t19-/m0/s1. The van der Waals surface area contributed by atoms with Crippen molar-refractivity contribution in [2.45, 2.75) is 25.4 Å². The molecule has 2 aromatic carbocycles. The number of carbonyl (C=O) groups is 1. The van der Waals surface area contributed by atoms with Crippen molar-refractivity contribution < 1.29 is 9.53 Å². The normalized spacial score (nSPS) is 16.8. The molecule has 1 saturated heterocycles. The van der Waals surface area contributed by atoms with E-state index in [4.69, 9.17) is 4.74 Å². The van der Waals surface area contributed by atoms with E-state index in [1.54, 1.807) is 6.20 Å². The Morgan fingerprint density at radius 3 is 2.81 bits per heavy atom. The number of benzene rings is 2. The van der Waals surface area contributed by atoms with Crippen molar-refractivity contribution in [2.75, 3.05) is 13.1 Å². The molecule has 1 aliphatic rings. The third-order valence-corrected chi connectivity index (χ3v) is 4.86. The highest BCUT2D eigenvalue weighted by atomic mass is 16.5. The van der Waals surface area contributed by atoms with E-state index in [1.165, 1.54) is 5.56 Å². The number of amides is 1. The van der Waals surface area contributed by atoms with Crippen LogP contribution in [0.15, 0.2) is 66.9 Å². The second-order valence-corrected chi connectivity index (χ2v) is 6.69. The van der Waals surface area contributed by atoms with Crippen LogP contribution in [0.2, 0.25) is 0 Å². The van der Waals surface area contributed by atoms with E-state index >= 15 is 0 Å². The van der Waals surface area contributed by atoms with Crippen molar-refractivity contribution >= 4 is 16.8 Å². The number of nitrogens with zero attached hydrogens (tertiary/aromatic N) is 2.